The molecular weight excluding hydrogens is 384 g/mol. The Morgan fingerprint density at radius 3 is 1.61 bits per heavy atom. The maximum Gasteiger partial charge on any atom is 0.138 e. The maximum atomic E-state index is 5.30. The number of nitrogens with one attached hydrogen (secondary N) is 1. The highest BCUT2D eigenvalue weighted by molar-refractivity contribution is 5.82. The molecule has 1 heterocycles. The average Bonchev–Trinajstić information content (AvgIpc) is 3.24. The highest BCUT2D eigenvalue weighted by Crippen LogP contribution is 2.34. The summed E-state index contributed by atoms with van der Waals surface area (Å²) in [5.41, 5.74) is 7.46. The van der Waals surface area contributed by atoms with Crippen LogP contribution in [-0.2, 0) is 0 Å². The molecule has 3 aromatic carbocycles. The van der Waals surface area contributed by atoms with Gasteiger partial charge in [0.15, 0.2) is 0 Å². The zero-order valence-electron chi connectivity index (χ0n) is 18.7. The molecule has 0 aliphatic carbocycles. The first-order chi connectivity index (χ1) is 15.0. The lowest BCUT2D eigenvalue weighted by atomic mass is 10.0. The number of ether oxygens (including phenoxy) is 1. The van der Waals surface area contributed by atoms with E-state index in [1.807, 2.05) is 52.5 Å². The molecule has 4 aromatic rings. The van der Waals surface area contributed by atoms with E-state index in [-0.39, 0.29) is 0 Å². The summed E-state index contributed by atoms with van der Waals surface area (Å²) in [5.74, 6) is 1.66. The van der Waals surface area contributed by atoms with Crippen molar-refractivity contribution in [2.24, 2.45) is 0 Å². The van der Waals surface area contributed by atoms with Gasteiger partial charge < -0.3 is 19.5 Å². The summed E-state index contributed by atoms with van der Waals surface area (Å²) < 4.78 is 5.30. The molecule has 0 saturated carbocycles. The molecule has 0 aliphatic rings. The lowest BCUT2D eigenvalue weighted by molar-refractivity contribution is 0.415. The van der Waals surface area contributed by atoms with E-state index < -0.39 is 0 Å². The Hall–Kier alpha value is -3.73. The van der Waals surface area contributed by atoms with Gasteiger partial charge in [-0.05, 0) is 48.5 Å². The third kappa shape index (κ3) is 4.26. The van der Waals surface area contributed by atoms with E-state index >= 15 is 0 Å². The van der Waals surface area contributed by atoms with Crippen molar-refractivity contribution in [1.29, 1.82) is 0 Å². The molecule has 0 amide bonds. The lowest BCUT2D eigenvalue weighted by Gasteiger charge is -2.13. The second-order valence-corrected chi connectivity index (χ2v) is 7.92. The molecule has 31 heavy (non-hydrogen) atoms. The van der Waals surface area contributed by atoms with Crippen LogP contribution in [0.25, 0.3) is 33.9 Å². The fraction of sp³-hybridized carbons (Fsp3) is 0.192. The van der Waals surface area contributed by atoms with Crippen LogP contribution in [0.2, 0.25) is 0 Å². The summed E-state index contributed by atoms with van der Waals surface area (Å²) in [5, 5.41) is 0. The minimum absolute atomic E-state index is 0.828. The van der Waals surface area contributed by atoms with Gasteiger partial charge in [0.25, 0.3) is 0 Å². The number of hydrogen-bond donors (Lipinski definition) is 1. The number of imidazole rings is 1. The molecule has 0 saturated heterocycles. The molecular formula is C26H28N4O. The van der Waals surface area contributed by atoms with Crippen LogP contribution in [0.4, 0.5) is 11.4 Å². The van der Waals surface area contributed by atoms with Crippen molar-refractivity contribution in [1.82, 2.24) is 9.97 Å². The number of nitrogens with zero attached hydrogens (tertiary/aromatic N) is 3. The van der Waals surface area contributed by atoms with Crippen molar-refractivity contribution in [2.75, 3.05) is 45.1 Å². The van der Waals surface area contributed by atoms with Crippen LogP contribution in [0, 0.1) is 0 Å². The first kappa shape index (κ1) is 20.5. The van der Waals surface area contributed by atoms with Gasteiger partial charge in [-0.1, -0.05) is 24.3 Å². The fourth-order valence-electron chi connectivity index (χ4n) is 3.52. The van der Waals surface area contributed by atoms with E-state index in [1.165, 1.54) is 0 Å². The Labute approximate surface area is 183 Å². The van der Waals surface area contributed by atoms with Crippen LogP contribution < -0.4 is 14.5 Å². The molecule has 0 atom stereocenters. The molecule has 4 rings (SSSR count). The van der Waals surface area contributed by atoms with E-state index in [9.17, 15) is 0 Å². The Bertz CT molecular complexity index is 1070. The van der Waals surface area contributed by atoms with Gasteiger partial charge in [0.05, 0.1) is 18.5 Å². The minimum atomic E-state index is 0.828. The van der Waals surface area contributed by atoms with Crippen molar-refractivity contribution in [3.8, 4) is 39.7 Å². The van der Waals surface area contributed by atoms with Crippen LogP contribution in [0.1, 0.15) is 0 Å². The van der Waals surface area contributed by atoms with Crippen LogP contribution >= 0.6 is 0 Å². The van der Waals surface area contributed by atoms with Crippen molar-refractivity contribution in [3.63, 3.8) is 0 Å². The Kier molecular flexibility index (Phi) is 5.67. The molecule has 158 valence electrons. The second kappa shape index (κ2) is 8.56. The smallest absolute Gasteiger partial charge is 0.138 e. The van der Waals surface area contributed by atoms with Crippen LogP contribution in [0.3, 0.4) is 0 Å². The second-order valence-electron chi connectivity index (χ2n) is 7.92. The van der Waals surface area contributed by atoms with Crippen LogP contribution in [0.15, 0.2) is 72.8 Å². The summed E-state index contributed by atoms with van der Waals surface area (Å²) in [6.45, 7) is 0. The number of aromatic amines is 1. The number of anilines is 2. The normalized spacial score (nSPS) is 10.7. The van der Waals surface area contributed by atoms with Crippen LogP contribution in [0.5, 0.6) is 5.75 Å². The molecule has 0 bridgehead atoms. The van der Waals surface area contributed by atoms with E-state index in [4.69, 9.17) is 9.72 Å². The number of H-pyrrole nitrogens is 1. The Balaban J connectivity index is 1.81. The van der Waals surface area contributed by atoms with E-state index in [0.29, 0.717) is 0 Å². The van der Waals surface area contributed by atoms with Gasteiger partial charge in [-0.2, -0.15) is 0 Å². The van der Waals surface area contributed by atoms with E-state index in [1.54, 1.807) is 7.11 Å². The molecule has 0 spiro atoms. The molecule has 1 N–H and O–H groups in total. The quantitative estimate of drug-likeness (QED) is 0.451. The summed E-state index contributed by atoms with van der Waals surface area (Å²) in [7, 11) is 9.86. The number of aromatic nitrogens is 2. The zero-order chi connectivity index (χ0) is 22.0. The van der Waals surface area contributed by atoms with Gasteiger partial charge in [-0.3, -0.25) is 0 Å². The summed E-state index contributed by atoms with van der Waals surface area (Å²) in [4.78, 5) is 12.7. The number of methoxy groups -OCH3 is 1. The number of rotatable bonds is 6. The molecule has 0 aliphatic heterocycles. The van der Waals surface area contributed by atoms with Gasteiger partial charge in [0.1, 0.15) is 11.6 Å². The third-order valence-electron chi connectivity index (χ3n) is 5.40. The van der Waals surface area contributed by atoms with E-state index in [2.05, 4.69) is 63.3 Å². The molecule has 0 fully saturated rings. The molecule has 0 radical (unpaired) electrons. The average molecular weight is 413 g/mol. The monoisotopic (exact) mass is 412 g/mol. The Morgan fingerprint density at radius 1 is 0.645 bits per heavy atom. The van der Waals surface area contributed by atoms with Gasteiger partial charge in [-0.15, -0.1) is 0 Å². The van der Waals surface area contributed by atoms with E-state index in [0.717, 1.165) is 51.0 Å². The van der Waals surface area contributed by atoms with Crippen molar-refractivity contribution >= 4 is 11.4 Å². The van der Waals surface area contributed by atoms with Crippen molar-refractivity contribution in [3.05, 3.63) is 72.8 Å². The fourth-order valence-corrected chi connectivity index (χ4v) is 3.52. The zero-order valence-corrected chi connectivity index (χ0v) is 18.7. The highest BCUT2D eigenvalue weighted by Gasteiger charge is 2.16. The van der Waals surface area contributed by atoms with Gasteiger partial charge >= 0.3 is 0 Å². The van der Waals surface area contributed by atoms with Gasteiger partial charge in [-0.25, -0.2) is 4.98 Å². The van der Waals surface area contributed by atoms with Crippen molar-refractivity contribution < 1.29 is 4.74 Å². The summed E-state index contributed by atoms with van der Waals surface area (Å²) in [6, 6.07) is 25.0. The topological polar surface area (TPSA) is 44.4 Å². The summed E-state index contributed by atoms with van der Waals surface area (Å²) >= 11 is 0. The largest absolute Gasteiger partial charge is 0.497 e. The standard InChI is InChI=1S/C26H28N4O/c1-29(2)21-12-6-18(7-13-21)24-25(19-8-14-22(15-9-19)30(3)4)28-26(27-24)20-10-16-23(31-5)17-11-20/h6-17H,1-5H3,(H,27,28). The third-order valence-corrected chi connectivity index (χ3v) is 5.40. The maximum absolute atomic E-state index is 5.30. The lowest BCUT2D eigenvalue weighted by Crippen LogP contribution is -2.08. The Morgan fingerprint density at radius 2 is 1.13 bits per heavy atom. The first-order valence-electron chi connectivity index (χ1n) is 10.3. The number of benzene rings is 3. The van der Waals surface area contributed by atoms with Crippen molar-refractivity contribution in [2.45, 2.75) is 0 Å². The molecule has 5 nitrogen and oxygen atoms in total. The SMILES string of the molecule is COc1ccc(-c2nc(-c3ccc(N(C)C)cc3)c(-c3ccc(N(C)C)cc3)[nH]2)cc1. The predicted octanol–water partition coefficient (Wildman–Crippen LogP) is 5.55. The predicted molar refractivity (Wildman–Crippen MR) is 130 cm³/mol. The van der Waals surface area contributed by atoms with Gasteiger partial charge in [0, 0.05) is 56.3 Å². The highest BCUT2D eigenvalue weighted by atomic mass is 16.5. The number of hydrogen-bond acceptors (Lipinski definition) is 4. The first-order valence-corrected chi connectivity index (χ1v) is 10.3. The minimum Gasteiger partial charge on any atom is -0.497 e. The molecule has 0 unspecified atom stereocenters. The van der Waals surface area contributed by atoms with Crippen LogP contribution in [-0.4, -0.2) is 45.3 Å². The molecule has 1 aromatic heterocycles. The summed E-state index contributed by atoms with van der Waals surface area (Å²) in [6.07, 6.45) is 0. The van der Waals surface area contributed by atoms with Gasteiger partial charge in [0.2, 0.25) is 0 Å². The molecule has 5 heteroatoms.